The van der Waals surface area contributed by atoms with E-state index in [9.17, 15) is 0 Å². The van der Waals surface area contributed by atoms with Gasteiger partial charge in [0.2, 0.25) is 0 Å². The van der Waals surface area contributed by atoms with E-state index in [2.05, 4.69) is 32.6 Å². The van der Waals surface area contributed by atoms with Crippen molar-refractivity contribution in [3.05, 3.63) is 0 Å². The summed E-state index contributed by atoms with van der Waals surface area (Å²) >= 11 is 0. The molecule has 3 aliphatic rings. The minimum Gasteiger partial charge on any atom is -0.381 e. The maximum absolute atomic E-state index is 5.55. The summed E-state index contributed by atoms with van der Waals surface area (Å²) in [6, 6.07) is 0.871. The van der Waals surface area contributed by atoms with Gasteiger partial charge < -0.3 is 4.74 Å². The van der Waals surface area contributed by atoms with Gasteiger partial charge in [-0.15, -0.1) is 0 Å². The van der Waals surface area contributed by atoms with Gasteiger partial charge in [0.05, 0.1) is 0 Å². The van der Waals surface area contributed by atoms with Gasteiger partial charge in [-0.2, -0.15) is 0 Å². The van der Waals surface area contributed by atoms with Gasteiger partial charge in [0.15, 0.2) is 0 Å². The van der Waals surface area contributed by atoms with Crippen LogP contribution in [0.4, 0.5) is 0 Å². The van der Waals surface area contributed by atoms with E-state index >= 15 is 0 Å². The van der Waals surface area contributed by atoms with Crippen molar-refractivity contribution in [1.82, 2.24) is 4.90 Å². The van der Waals surface area contributed by atoms with Gasteiger partial charge in [0.1, 0.15) is 0 Å². The Kier molecular flexibility index (Phi) is 3.68. The number of nitrogens with zero attached hydrogens (tertiary/aromatic N) is 1. The third kappa shape index (κ3) is 2.35. The Labute approximate surface area is 118 Å². The SMILES string of the molecule is CC(C)C1CC2CC1CN2C(C)(C)C1CCOCC1. The second-order valence-electron chi connectivity index (χ2n) is 7.99. The van der Waals surface area contributed by atoms with Gasteiger partial charge >= 0.3 is 0 Å². The Hall–Kier alpha value is -0.0800. The summed E-state index contributed by atoms with van der Waals surface area (Å²) in [4.78, 5) is 2.87. The molecule has 2 bridgehead atoms. The van der Waals surface area contributed by atoms with E-state index in [1.54, 1.807) is 0 Å². The molecule has 19 heavy (non-hydrogen) atoms. The van der Waals surface area contributed by atoms with Crippen molar-refractivity contribution in [3.8, 4) is 0 Å². The average molecular weight is 265 g/mol. The first-order valence-corrected chi connectivity index (χ1v) is 8.34. The predicted octanol–water partition coefficient (Wildman–Crippen LogP) is 3.56. The summed E-state index contributed by atoms with van der Waals surface area (Å²) in [5.41, 5.74) is 0.380. The normalized spacial score (nSPS) is 37.4. The second-order valence-corrected chi connectivity index (χ2v) is 7.99. The Morgan fingerprint density at radius 3 is 2.32 bits per heavy atom. The quantitative estimate of drug-likeness (QED) is 0.773. The van der Waals surface area contributed by atoms with Crippen molar-refractivity contribution in [2.75, 3.05) is 19.8 Å². The van der Waals surface area contributed by atoms with Crippen molar-refractivity contribution < 1.29 is 4.74 Å². The minimum atomic E-state index is 0.380. The Balaban J connectivity index is 1.68. The molecule has 3 rings (SSSR count). The lowest BCUT2D eigenvalue weighted by atomic mass is 9.78. The van der Waals surface area contributed by atoms with Gasteiger partial charge in [0.25, 0.3) is 0 Å². The van der Waals surface area contributed by atoms with Crippen LogP contribution < -0.4 is 0 Å². The first-order chi connectivity index (χ1) is 9.00. The van der Waals surface area contributed by atoms with Crippen LogP contribution in [0.2, 0.25) is 0 Å². The molecule has 110 valence electrons. The highest BCUT2D eigenvalue weighted by atomic mass is 16.5. The fraction of sp³-hybridized carbons (Fsp3) is 1.00. The third-order valence-electron chi connectivity index (χ3n) is 6.41. The lowest BCUT2D eigenvalue weighted by Gasteiger charge is -2.49. The molecule has 0 radical (unpaired) electrons. The van der Waals surface area contributed by atoms with E-state index in [4.69, 9.17) is 4.74 Å². The summed E-state index contributed by atoms with van der Waals surface area (Å²) in [6.07, 6.45) is 5.44. The standard InChI is InChI=1S/C17H31NO/c1-12(2)16-10-15-9-13(16)11-18(15)17(3,4)14-5-7-19-8-6-14/h12-16H,5-11H2,1-4H3. The van der Waals surface area contributed by atoms with Crippen LogP contribution in [0.5, 0.6) is 0 Å². The first kappa shape index (κ1) is 13.9. The Morgan fingerprint density at radius 1 is 1.11 bits per heavy atom. The molecule has 3 unspecified atom stereocenters. The Morgan fingerprint density at radius 2 is 1.79 bits per heavy atom. The van der Waals surface area contributed by atoms with Crippen LogP contribution in [0.3, 0.4) is 0 Å². The highest BCUT2D eigenvalue weighted by Gasteiger charge is 2.51. The number of ether oxygens (including phenoxy) is 1. The molecule has 2 heterocycles. The molecule has 3 atom stereocenters. The van der Waals surface area contributed by atoms with E-state index < -0.39 is 0 Å². The summed E-state index contributed by atoms with van der Waals surface area (Å²) in [5, 5.41) is 0. The zero-order chi connectivity index (χ0) is 13.6. The van der Waals surface area contributed by atoms with E-state index in [1.165, 1.54) is 32.2 Å². The zero-order valence-electron chi connectivity index (χ0n) is 13.2. The fourth-order valence-corrected chi connectivity index (χ4v) is 5.15. The van der Waals surface area contributed by atoms with Gasteiger partial charge in [-0.3, -0.25) is 4.90 Å². The van der Waals surface area contributed by atoms with Gasteiger partial charge in [-0.1, -0.05) is 13.8 Å². The molecule has 1 aliphatic carbocycles. The smallest absolute Gasteiger partial charge is 0.0469 e. The number of likely N-dealkylation sites (tertiary alicyclic amines) is 1. The number of hydrogen-bond acceptors (Lipinski definition) is 2. The van der Waals surface area contributed by atoms with Crippen molar-refractivity contribution in [1.29, 1.82) is 0 Å². The molecular formula is C17H31NO. The molecule has 1 saturated carbocycles. The topological polar surface area (TPSA) is 12.5 Å². The number of rotatable bonds is 3. The molecule has 0 spiro atoms. The average Bonchev–Trinajstić information content (AvgIpc) is 2.99. The molecule has 0 aromatic rings. The molecule has 0 N–H and O–H groups in total. The summed E-state index contributed by atoms with van der Waals surface area (Å²) in [6.45, 7) is 13.1. The maximum atomic E-state index is 5.55. The van der Waals surface area contributed by atoms with Crippen LogP contribution in [0, 0.1) is 23.7 Å². The monoisotopic (exact) mass is 265 g/mol. The summed E-state index contributed by atoms with van der Waals surface area (Å²) < 4.78 is 5.55. The van der Waals surface area contributed by atoms with E-state index in [1.807, 2.05) is 0 Å². The fourth-order valence-electron chi connectivity index (χ4n) is 5.15. The molecule has 2 aliphatic heterocycles. The zero-order valence-corrected chi connectivity index (χ0v) is 13.2. The van der Waals surface area contributed by atoms with Crippen molar-refractivity contribution in [2.24, 2.45) is 23.7 Å². The number of fused-ring (bicyclic) bond motifs is 2. The predicted molar refractivity (Wildman–Crippen MR) is 79.2 cm³/mol. The highest BCUT2D eigenvalue weighted by Crippen LogP contribution is 2.49. The van der Waals surface area contributed by atoms with Crippen LogP contribution in [0.15, 0.2) is 0 Å². The van der Waals surface area contributed by atoms with Crippen molar-refractivity contribution in [2.45, 2.75) is 65.0 Å². The van der Waals surface area contributed by atoms with Gasteiger partial charge in [-0.25, -0.2) is 0 Å². The Bertz CT molecular complexity index is 319. The highest BCUT2D eigenvalue weighted by molar-refractivity contribution is 5.04. The van der Waals surface area contributed by atoms with Crippen LogP contribution in [-0.4, -0.2) is 36.2 Å². The van der Waals surface area contributed by atoms with Crippen molar-refractivity contribution >= 4 is 0 Å². The van der Waals surface area contributed by atoms with E-state index in [0.717, 1.165) is 42.9 Å². The largest absolute Gasteiger partial charge is 0.381 e. The molecule has 2 nitrogen and oxygen atoms in total. The molecule has 3 fully saturated rings. The number of hydrogen-bond donors (Lipinski definition) is 0. The second kappa shape index (κ2) is 5.04. The molecule has 0 aromatic heterocycles. The molecule has 0 aromatic carbocycles. The van der Waals surface area contributed by atoms with Gasteiger partial charge in [-0.05, 0) is 63.2 Å². The molecule has 2 saturated heterocycles. The molecular weight excluding hydrogens is 234 g/mol. The van der Waals surface area contributed by atoms with Crippen molar-refractivity contribution in [3.63, 3.8) is 0 Å². The van der Waals surface area contributed by atoms with E-state index in [0.29, 0.717) is 5.54 Å². The van der Waals surface area contributed by atoms with Crippen LogP contribution >= 0.6 is 0 Å². The lowest BCUT2D eigenvalue weighted by molar-refractivity contribution is -0.0320. The van der Waals surface area contributed by atoms with Gasteiger partial charge in [0, 0.05) is 31.3 Å². The lowest BCUT2D eigenvalue weighted by Crippen LogP contribution is -2.55. The first-order valence-electron chi connectivity index (χ1n) is 8.34. The minimum absolute atomic E-state index is 0.380. The molecule has 0 amide bonds. The molecule has 2 heteroatoms. The van der Waals surface area contributed by atoms with Crippen LogP contribution in [-0.2, 0) is 4.74 Å². The number of piperidine rings is 1. The van der Waals surface area contributed by atoms with E-state index in [-0.39, 0.29) is 0 Å². The van der Waals surface area contributed by atoms with Crippen LogP contribution in [0.1, 0.15) is 53.4 Å². The summed E-state index contributed by atoms with van der Waals surface area (Å²) in [7, 11) is 0. The summed E-state index contributed by atoms with van der Waals surface area (Å²) in [5.74, 6) is 3.68. The van der Waals surface area contributed by atoms with Crippen LogP contribution in [0.25, 0.3) is 0 Å². The third-order valence-corrected chi connectivity index (χ3v) is 6.41. The maximum Gasteiger partial charge on any atom is 0.0469 e.